The summed E-state index contributed by atoms with van der Waals surface area (Å²) in [5.74, 6) is -0.162. The van der Waals surface area contributed by atoms with Crippen molar-refractivity contribution >= 4 is 27.8 Å². The molecule has 2 aromatic heterocycles. The van der Waals surface area contributed by atoms with E-state index in [-0.39, 0.29) is 0 Å². The first-order valence-electron chi connectivity index (χ1n) is 8.86. The van der Waals surface area contributed by atoms with Gasteiger partial charge in [0.25, 0.3) is 0 Å². The van der Waals surface area contributed by atoms with Crippen molar-refractivity contribution in [3.05, 3.63) is 83.2 Å². The molecule has 0 aliphatic heterocycles. The van der Waals surface area contributed by atoms with Crippen molar-refractivity contribution in [1.82, 2.24) is 19.5 Å². The predicted octanol–water partition coefficient (Wildman–Crippen LogP) is 2.16. The van der Waals surface area contributed by atoms with Gasteiger partial charge in [0.05, 0.1) is 13.1 Å². The lowest BCUT2D eigenvalue weighted by Gasteiger charge is -2.04. The van der Waals surface area contributed by atoms with E-state index < -0.39 is 22.5 Å². The summed E-state index contributed by atoms with van der Waals surface area (Å²) in [4.78, 5) is 16.0. The number of amides is 1. The highest BCUT2D eigenvalue weighted by Crippen LogP contribution is 2.07. The maximum atomic E-state index is 12.0. The van der Waals surface area contributed by atoms with Crippen molar-refractivity contribution < 1.29 is 13.2 Å². The highest BCUT2D eigenvalue weighted by molar-refractivity contribution is 7.92. The molecule has 29 heavy (non-hydrogen) atoms. The highest BCUT2D eigenvalue weighted by Gasteiger charge is 2.10. The summed E-state index contributed by atoms with van der Waals surface area (Å²) >= 11 is 0. The van der Waals surface area contributed by atoms with E-state index in [0.29, 0.717) is 12.4 Å². The van der Waals surface area contributed by atoms with Crippen LogP contribution < -0.4 is 10.0 Å². The van der Waals surface area contributed by atoms with Crippen LogP contribution >= 0.6 is 0 Å². The van der Waals surface area contributed by atoms with Gasteiger partial charge in [-0.1, -0.05) is 29.8 Å². The minimum atomic E-state index is -3.74. The fraction of sp³-hybridized carbons (Fsp3) is 0.150. The number of benzene rings is 1. The van der Waals surface area contributed by atoms with Gasteiger partial charge in [-0.05, 0) is 36.3 Å². The minimum Gasteiger partial charge on any atom is -0.308 e. The Kier molecular flexibility index (Phi) is 6.53. The second kappa shape index (κ2) is 9.26. The molecule has 1 aromatic carbocycles. The molecule has 0 aliphatic carbocycles. The molecule has 3 rings (SSSR count). The molecule has 3 aromatic rings. The van der Waals surface area contributed by atoms with Crippen molar-refractivity contribution in [3.63, 3.8) is 0 Å². The van der Waals surface area contributed by atoms with Gasteiger partial charge in [0, 0.05) is 30.1 Å². The Morgan fingerprint density at radius 3 is 2.55 bits per heavy atom. The molecule has 2 heterocycles. The van der Waals surface area contributed by atoms with E-state index >= 15 is 0 Å². The molecular formula is C20H21N5O3S. The summed E-state index contributed by atoms with van der Waals surface area (Å²) in [6.07, 6.45) is 6.59. The number of rotatable bonds is 8. The second-order valence-corrected chi connectivity index (χ2v) is 8.03. The van der Waals surface area contributed by atoms with Crippen molar-refractivity contribution in [2.45, 2.75) is 13.5 Å². The number of anilines is 1. The van der Waals surface area contributed by atoms with E-state index in [2.05, 4.69) is 20.1 Å². The normalized spacial score (nSPS) is 11.6. The molecule has 0 unspecified atom stereocenters. The number of aromatic nitrogens is 3. The standard InChI is InChI=1S/C20H21N5O3S/c1-16-2-4-17(5-3-16)9-13-29(27,28)22-14-20(26)23-19-8-12-25(24-19)15-18-6-10-21-11-7-18/h2-13,22H,14-15H2,1H3,(H,23,24,26)/b13-9+. The lowest BCUT2D eigenvalue weighted by atomic mass is 10.2. The Morgan fingerprint density at radius 1 is 1.10 bits per heavy atom. The number of aryl methyl sites for hydroxylation is 1. The van der Waals surface area contributed by atoms with Gasteiger partial charge in [0.15, 0.2) is 5.82 Å². The van der Waals surface area contributed by atoms with Gasteiger partial charge in [-0.2, -0.15) is 5.10 Å². The van der Waals surface area contributed by atoms with Crippen LogP contribution in [-0.2, 0) is 21.4 Å². The Balaban J connectivity index is 1.49. The topological polar surface area (TPSA) is 106 Å². The van der Waals surface area contributed by atoms with Crippen molar-refractivity contribution in [1.29, 1.82) is 0 Å². The van der Waals surface area contributed by atoms with Crippen LogP contribution in [0.1, 0.15) is 16.7 Å². The van der Waals surface area contributed by atoms with Crippen LogP contribution in [0.25, 0.3) is 6.08 Å². The number of pyridine rings is 1. The zero-order chi connectivity index (χ0) is 20.7. The van der Waals surface area contributed by atoms with E-state index in [9.17, 15) is 13.2 Å². The molecule has 0 bridgehead atoms. The zero-order valence-electron chi connectivity index (χ0n) is 15.8. The Labute approximate surface area is 169 Å². The van der Waals surface area contributed by atoms with Crippen LogP contribution in [0, 0.1) is 6.92 Å². The van der Waals surface area contributed by atoms with E-state index in [1.54, 1.807) is 29.3 Å². The number of nitrogens with one attached hydrogen (secondary N) is 2. The Bertz CT molecular complexity index is 1090. The van der Waals surface area contributed by atoms with E-state index in [0.717, 1.165) is 22.1 Å². The van der Waals surface area contributed by atoms with Crippen LogP contribution in [0.3, 0.4) is 0 Å². The van der Waals surface area contributed by atoms with E-state index in [4.69, 9.17) is 0 Å². The summed E-state index contributed by atoms with van der Waals surface area (Å²) in [5.41, 5.74) is 2.86. The van der Waals surface area contributed by atoms with Gasteiger partial charge < -0.3 is 5.32 Å². The first kappa shape index (κ1) is 20.4. The molecule has 9 heteroatoms. The molecule has 1 amide bonds. The lowest BCUT2D eigenvalue weighted by molar-refractivity contribution is -0.115. The van der Waals surface area contributed by atoms with Crippen molar-refractivity contribution in [3.8, 4) is 0 Å². The van der Waals surface area contributed by atoms with Crippen LogP contribution in [0.4, 0.5) is 5.82 Å². The van der Waals surface area contributed by atoms with Gasteiger partial charge in [0.2, 0.25) is 15.9 Å². The number of carbonyl (C=O) groups excluding carboxylic acids is 1. The van der Waals surface area contributed by atoms with Crippen molar-refractivity contribution in [2.24, 2.45) is 0 Å². The van der Waals surface area contributed by atoms with Crippen LogP contribution in [-0.4, -0.2) is 35.6 Å². The summed E-state index contributed by atoms with van der Waals surface area (Å²) in [7, 11) is -3.74. The molecule has 2 N–H and O–H groups in total. The van der Waals surface area contributed by atoms with Crippen LogP contribution in [0.5, 0.6) is 0 Å². The third-order valence-electron chi connectivity index (χ3n) is 3.95. The van der Waals surface area contributed by atoms with Gasteiger partial charge in [-0.15, -0.1) is 0 Å². The maximum Gasteiger partial charge on any atom is 0.240 e. The van der Waals surface area contributed by atoms with Crippen molar-refractivity contribution in [2.75, 3.05) is 11.9 Å². The molecule has 0 radical (unpaired) electrons. The lowest BCUT2D eigenvalue weighted by Crippen LogP contribution is -2.31. The molecule has 0 saturated heterocycles. The molecule has 0 spiro atoms. The molecule has 0 fully saturated rings. The molecule has 8 nitrogen and oxygen atoms in total. The third-order valence-corrected chi connectivity index (χ3v) is 4.99. The summed E-state index contributed by atoms with van der Waals surface area (Å²) in [6.45, 7) is 2.10. The average molecular weight is 411 g/mol. The Morgan fingerprint density at radius 2 is 1.83 bits per heavy atom. The minimum absolute atomic E-state index is 0.346. The van der Waals surface area contributed by atoms with Gasteiger partial charge >= 0.3 is 0 Å². The fourth-order valence-corrected chi connectivity index (χ4v) is 3.20. The number of sulfonamides is 1. The largest absolute Gasteiger partial charge is 0.308 e. The summed E-state index contributed by atoms with van der Waals surface area (Å²) < 4.78 is 28.0. The van der Waals surface area contributed by atoms with Gasteiger partial charge in [-0.25, -0.2) is 13.1 Å². The predicted molar refractivity (Wildman–Crippen MR) is 111 cm³/mol. The van der Waals surface area contributed by atoms with Crippen LogP contribution in [0.2, 0.25) is 0 Å². The quantitative estimate of drug-likeness (QED) is 0.591. The molecule has 150 valence electrons. The number of carbonyl (C=O) groups is 1. The first-order chi connectivity index (χ1) is 13.9. The van der Waals surface area contributed by atoms with Gasteiger partial charge in [-0.3, -0.25) is 14.5 Å². The SMILES string of the molecule is Cc1ccc(/C=C/S(=O)(=O)NCC(=O)Nc2ccn(Cc3ccncc3)n2)cc1. The zero-order valence-corrected chi connectivity index (χ0v) is 16.6. The van der Waals surface area contributed by atoms with Crippen LogP contribution in [0.15, 0.2) is 66.5 Å². The summed E-state index contributed by atoms with van der Waals surface area (Å²) in [5, 5.41) is 7.85. The van der Waals surface area contributed by atoms with Gasteiger partial charge in [0.1, 0.15) is 0 Å². The average Bonchev–Trinajstić information content (AvgIpc) is 3.13. The first-order valence-corrected chi connectivity index (χ1v) is 10.4. The molecule has 0 aliphatic rings. The number of hydrogen-bond donors (Lipinski definition) is 2. The second-order valence-electron chi connectivity index (χ2n) is 6.38. The number of nitrogens with zero attached hydrogens (tertiary/aromatic N) is 3. The van der Waals surface area contributed by atoms with E-state index in [1.165, 1.54) is 6.08 Å². The smallest absolute Gasteiger partial charge is 0.240 e. The molecule has 0 atom stereocenters. The molecule has 0 saturated carbocycles. The monoisotopic (exact) mass is 411 g/mol. The fourth-order valence-electron chi connectivity index (χ4n) is 2.44. The third kappa shape index (κ3) is 6.66. The summed E-state index contributed by atoms with van der Waals surface area (Å²) in [6, 6.07) is 12.8. The highest BCUT2D eigenvalue weighted by atomic mass is 32.2. The molecular weight excluding hydrogens is 390 g/mol. The Hall–Kier alpha value is -3.30. The number of hydrogen-bond acceptors (Lipinski definition) is 5. The van der Waals surface area contributed by atoms with E-state index in [1.807, 2.05) is 43.3 Å². The maximum absolute atomic E-state index is 12.0.